The van der Waals surface area contributed by atoms with E-state index in [4.69, 9.17) is 5.73 Å². The lowest BCUT2D eigenvalue weighted by Gasteiger charge is -2.24. The Morgan fingerprint density at radius 1 is 1.40 bits per heavy atom. The maximum absolute atomic E-state index is 11.7. The molecule has 1 aliphatic rings. The van der Waals surface area contributed by atoms with Crippen molar-refractivity contribution in [3.8, 4) is 0 Å². The molecule has 1 saturated heterocycles. The fourth-order valence-electron chi connectivity index (χ4n) is 2.10. The minimum atomic E-state index is -3.57. The van der Waals surface area contributed by atoms with Gasteiger partial charge < -0.3 is 16.4 Å². The Balaban J connectivity index is 2.19. The van der Waals surface area contributed by atoms with Gasteiger partial charge in [-0.2, -0.15) is 0 Å². The van der Waals surface area contributed by atoms with Gasteiger partial charge in [-0.25, -0.2) is 13.1 Å². The van der Waals surface area contributed by atoms with Crippen LogP contribution in [-0.2, 0) is 14.8 Å². The van der Waals surface area contributed by atoms with Crippen molar-refractivity contribution in [3.63, 3.8) is 0 Å². The molecule has 1 aromatic rings. The molecule has 1 atom stereocenters. The number of piperidine rings is 1. The molecule has 1 amide bonds. The molecule has 2 rings (SSSR count). The predicted molar refractivity (Wildman–Crippen MR) is 76.8 cm³/mol. The van der Waals surface area contributed by atoms with E-state index in [1.54, 1.807) is 6.07 Å². The summed E-state index contributed by atoms with van der Waals surface area (Å²) in [7, 11) is -2.24. The van der Waals surface area contributed by atoms with Gasteiger partial charge in [0.2, 0.25) is 15.9 Å². The van der Waals surface area contributed by atoms with Crippen LogP contribution in [0.5, 0.6) is 0 Å². The SMILES string of the molecule is CNS(=O)(=O)c1ccc(NC2CCCNC2=O)cc1N. The van der Waals surface area contributed by atoms with E-state index in [0.29, 0.717) is 12.2 Å². The number of carbonyl (C=O) groups is 1. The van der Waals surface area contributed by atoms with Crippen molar-refractivity contribution in [1.82, 2.24) is 10.0 Å². The van der Waals surface area contributed by atoms with Crippen LogP contribution in [0, 0.1) is 0 Å². The number of nitrogens with two attached hydrogens (primary N) is 1. The van der Waals surface area contributed by atoms with Crippen molar-refractivity contribution in [1.29, 1.82) is 0 Å². The average Bonchev–Trinajstić information content (AvgIpc) is 2.41. The second-order valence-electron chi connectivity index (χ2n) is 4.59. The second kappa shape index (κ2) is 5.68. The normalized spacial score (nSPS) is 19.4. The number of carbonyl (C=O) groups excluding carboxylic acids is 1. The average molecular weight is 298 g/mol. The molecule has 8 heteroatoms. The summed E-state index contributed by atoms with van der Waals surface area (Å²) in [6.45, 7) is 0.693. The van der Waals surface area contributed by atoms with E-state index >= 15 is 0 Å². The highest BCUT2D eigenvalue weighted by Gasteiger charge is 2.22. The molecule has 0 aromatic heterocycles. The summed E-state index contributed by atoms with van der Waals surface area (Å²) >= 11 is 0. The molecular formula is C12H18N4O3S. The molecule has 110 valence electrons. The van der Waals surface area contributed by atoms with E-state index in [-0.39, 0.29) is 22.5 Å². The highest BCUT2D eigenvalue weighted by atomic mass is 32.2. The highest BCUT2D eigenvalue weighted by molar-refractivity contribution is 7.89. The monoisotopic (exact) mass is 298 g/mol. The number of nitrogen functional groups attached to an aromatic ring is 1. The number of anilines is 2. The number of hydrogen-bond donors (Lipinski definition) is 4. The number of benzene rings is 1. The van der Waals surface area contributed by atoms with Gasteiger partial charge >= 0.3 is 0 Å². The third-order valence-electron chi connectivity index (χ3n) is 3.19. The lowest BCUT2D eigenvalue weighted by atomic mass is 10.1. The van der Waals surface area contributed by atoms with E-state index in [9.17, 15) is 13.2 Å². The zero-order valence-electron chi connectivity index (χ0n) is 11.1. The fraction of sp³-hybridized carbons (Fsp3) is 0.417. The van der Waals surface area contributed by atoms with Crippen LogP contribution < -0.4 is 21.1 Å². The lowest BCUT2D eigenvalue weighted by molar-refractivity contribution is -0.123. The molecule has 1 heterocycles. The molecule has 1 aliphatic heterocycles. The van der Waals surface area contributed by atoms with Crippen molar-refractivity contribution in [2.45, 2.75) is 23.8 Å². The zero-order valence-corrected chi connectivity index (χ0v) is 12.0. The molecule has 1 unspecified atom stereocenters. The quantitative estimate of drug-likeness (QED) is 0.578. The minimum absolute atomic E-state index is 0.0265. The molecule has 0 radical (unpaired) electrons. The highest BCUT2D eigenvalue weighted by Crippen LogP contribution is 2.23. The van der Waals surface area contributed by atoms with Crippen LogP contribution in [-0.4, -0.2) is 34.0 Å². The van der Waals surface area contributed by atoms with E-state index in [0.717, 1.165) is 12.8 Å². The Morgan fingerprint density at radius 3 is 2.75 bits per heavy atom. The largest absolute Gasteiger partial charge is 0.398 e. The first kappa shape index (κ1) is 14.6. The van der Waals surface area contributed by atoms with Crippen molar-refractivity contribution in [3.05, 3.63) is 18.2 Å². The van der Waals surface area contributed by atoms with Gasteiger partial charge in [0, 0.05) is 12.2 Å². The van der Waals surface area contributed by atoms with Crippen molar-refractivity contribution >= 4 is 27.3 Å². The smallest absolute Gasteiger partial charge is 0.242 e. The summed E-state index contributed by atoms with van der Waals surface area (Å²) in [5, 5.41) is 5.83. The third-order valence-corrected chi connectivity index (χ3v) is 4.68. The standard InChI is InChI=1S/C12H18N4O3S/c1-14-20(18,19)11-5-4-8(7-9(11)13)16-10-3-2-6-15-12(10)17/h4-5,7,10,14,16H,2-3,6,13H2,1H3,(H,15,17). The van der Waals surface area contributed by atoms with Crippen LogP contribution in [0.15, 0.2) is 23.1 Å². The van der Waals surface area contributed by atoms with Crippen LogP contribution in [0.1, 0.15) is 12.8 Å². The Hall–Kier alpha value is -1.80. The topological polar surface area (TPSA) is 113 Å². The summed E-state index contributed by atoms with van der Waals surface area (Å²) in [4.78, 5) is 11.7. The van der Waals surface area contributed by atoms with Gasteiger partial charge in [0.25, 0.3) is 0 Å². The molecule has 0 bridgehead atoms. The van der Waals surface area contributed by atoms with Gasteiger partial charge in [0.1, 0.15) is 10.9 Å². The van der Waals surface area contributed by atoms with Gasteiger partial charge in [-0.3, -0.25) is 4.79 Å². The molecule has 1 fully saturated rings. The molecule has 0 saturated carbocycles. The molecule has 20 heavy (non-hydrogen) atoms. The van der Waals surface area contributed by atoms with E-state index in [2.05, 4.69) is 15.4 Å². The molecule has 0 aliphatic carbocycles. The van der Waals surface area contributed by atoms with Crippen LogP contribution in [0.25, 0.3) is 0 Å². The molecule has 7 nitrogen and oxygen atoms in total. The Kier molecular flexibility index (Phi) is 4.15. The summed E-state index contributed by atoms with van der Waals surface area (Å²) in [5.74, 6) is -0.0539. The lowest BCUT2D eigenvalue weighted by Crippen LogP contribution is -2.44. The minimum Gasteiger partial charge on any atom is -0.398 e. The summed E-state index contributed by atoms with van der Waals surface area (Å²) in [5.41, 5.74) is 6.53. The molecule has 5 N–H and O–H groups in total. The van der Waals surface area contributed by atoms with Gasteiger partial charge in [0.15, 0.2) is 0 Å². The number of sulfonamides is 1. The Morgan fingerprint density at radius 2 is 2.15 bits per heavy atom. The maximum atomic E-state index is 11.7. The van der Waals surface area contributed by atoms with E-state index in [1.165, 1.54) is 19.2 Å². The van der Waals surface area contributed by atoms with Crippen molar-refractivity contribution in [2.24, 2.45) is 0 Å². The first-order chi connectivity index (χ1) is 9.44. The maximum Gasteiger partial charge on any atom is 0.242 e. The van der Waals surface area contributed by atoms with E-state index < -0.39 is 10.0 Å². The zero-order chi connectivity index (χ0) is 14.8. The molecule has 1 aromatic carbocycles. The van der Waals surface area contributed by atoms with Crippen molar-refractivity contribution < 1.29 is 13.2 Å². The van der Waals surface area contributed by atoms with Crippen molar-refractivity contribution in [2.75, 3.05) is 24.6 Å². The van der Waals surface area contributed by atoms with Gasteiger partial charge in [-0.05, 0) is 38.1 Å². The number of amides is 1. The second-order valence-corrected chi connectivity index (χ2v) is 6.45. The third kappa shape index (κ3) is 3.02. The van der Waals surface area contributed by atoms with Gasteiger partial charge in [-0.1, -0.05) is 0 Å². The van der Waals surface area contributed by atoms with Crippen LogP contribution >= 0.6 is 0 Å². The first-order valence-electron chi connectivity index (χ1n) is 6.31. The van der Waals surface area contributed by atoms with E-state index in [1.807, 2.05) is 0 Å². The van der Waals surface area contributed by atoms with Crippen LogP contribution in [0.2, 0.25) is 0 Å². The molecular weight excluding hydrogens is 280 g/mol. The number of hydrogen-bond acceptors (Lipinski definition) is 5. The fourth-order valence-corrected chi connectivity index (χ4v) is 2.94. The number of rotatable bonds is 4. The summed E-state index contributed by atoms with van der Waals surface area (Å²) in [6.07, 6.45) is 1.65. The molecule has 0 spiro atoms. The van der Waals surface area contributed by atoms with Crippen LogP contribution in [0.4, 0.5) is 11.4 Å². The predicted octanol–water partition coefficient (Wildman–Crippen LogP) is -0.133. The number of nitrogens with one attached hydrogen (secondary N) is 3. The van der Waals surface area contributed by atoms with Crippen LogP contribution in [0.3, 0.4) is 0 Å². The summed E-state index contributed by atoms with van der Waals surface area (Å²) < 4.78 is 25.6. The van der Waals surface area contributed by atoms with Gasteiger partial charge in [-0.15, -0.1) is 0 Å². The summed E-state index contributed by atoms with van der Waals surface area (Å²) in [6, 6.07) is 4.23. The first-order valence-corrected chi connectivity index (χ1v) is 7.79. The Labute approximate surface area is 118 Å². The Bertz CT molecular complexity index is 615. The van der Waals surface area contributed by atoms with Gasteiger partial charge in [0.05, 0.1) is 5.69 Å².